The van der Waals surface area contributed by atoms with E-state index in [0.29, 0.717) is 19.3 Å². The van der Waals surface area contributed by atoms with Crippen molar-refractivity contribution in [3.05, 3.63) is 0 Å². The molecule has 0 aromatic heterocycles. The number of rotatable bonds is 2. The van der Waals surface area contributed by atoms with E-state index in [9.17, 15) is 9.59 Å². The van der Waals surface area contributed by atoms with Crippen LogP contribution in [0.25, 0.3) is 0 Å². The monoisotopic (exact) mass is 170 g/mol. The largest absolute Gasteiger partial charge is 0.481 e. The standard InChI is InChI=1S/C8H10O4/c1-5(9)12-8-2-7(3-8,4-8)6(10)11/h2-4H2,1H3,(H,10,11). The molecule has 4 heteroatoms. The zero-order chi connectivity index (χ0) is 8.98. The highest BCUT2D eigenvalue weighted by molar-refractivity contribution is 5.80. The third-order valence-corrected chi connectivity index (χ3v) is 2.80. The number of hydrogen-bond donors (Lipinski definition) is 1. The van der Waals surface area contributed by atoms with Crippen molar-refractivity contribution >= 4 is 11.9 Å². The van der Waals surface area contributed by atoms with Crippen LogP contribution >= 0.6 is 0 Å². The Kier molecular flexibility index (Phi) is 1.14. The SMILES string of the molecule is CC(=O)OC12CC(C(=O)O)(C1)C2. The van der Waals surface area contributed by atoms with Gasteiger partial charge in [-0.05, 0) is 0 Å². The van der Waals surface area contributed by atoms with Crippen LogP contribution in [-0.4, -0.2) is 22.6 Å². The zero-order valence-corrected chi connectivity index (χ0v) is 6.79. The van der Waals surface area contributed by atoms with Crippen LogP contribution in [0.1, 0.15) is 26.2 Å². The summed E-state index contributed by atoms with van der Waals surface area (Å²) in [7, 11) is 0. The number of carboxylic acid groups (broad SMARTS) is 1. The van der Waals surface area contributed by atoms with E-state index in [1.165, 1.54) is 6.92 Å². The van der Waals surface area contributed by atoms with Gasteiger partial charge in [0.05, 0.1) is 5.41 Å². The average Bonchev–Trinajstić information content (AvgIpc) is 1.72. The van der Waals surface area contributed by atoms with Crippen LogP contribution in [-0.2, 0) is 14.3 Å². The smallest absolute Gasteiger partial charge is 0.310 e. The predicted molar refractivity (Wildman–Crippen MR) is 38.4 cm³/mol. The Balaban J connectivity index is 1.95. The first-order chi connectivity index (χ1) is 5.48. The molecule has 0 saturated heterocycles. The zero-order valence-electron chi connectivity index (χ0n) is 6.79. The van der Waals surface area contributed by atoms with Gasteiger partial charge in [0.25, 0.3) is 0 Å². The molecule has 66 valence electrons. The second-order valence-corrected chi connectivity index (χ2v) is 3.89. The van der Waals surface area contributed by atoms with Crippen LogP contribution in [0, 0.1) is 5.41 Å². The minimum atomic E-state index is -0.753. The lowest BCUT2D eigenvalue weighted by atomic mass is 9.41. The first-order valence-electron chi connectivity index (χ1n) is 3.91. The molecule has 0 heterocycles. The quantitative estimate of drug-likeness (QED) is 0.615. The van der Waals surface area contributed by atoms with Gasteiger partial charge in [0.2, 0.25) is 0 Å². The maximum Gasteiger partial charge on any atom is 0.310 e. The van der Waals surface area contributed by atoms with E-state index < -0.39 is 17.0 Å². The van der Waals surface area contributed by atoms with E-state index in [0.717, 1.165) is 0 Å². The minimum Gasteiger partial charge on any atom is -0.481 e. The summed E-state index contributed by atoms with van der Waals surface area (Å²) in [5.41, 5.74) is -0.945. The van der Waals surface area contributed by atoms with Gasteiger partial charge in [-0.3, -0.25) is 9.59 Å². The van der Waals surface area contributed by atoms with Crippen molar-refractivity contribution < 1.29 is 19.4 Å². The summed E-state index contributed by atoms with van der Waals surface area (Å²) in [5, 5.41) is 8.74. The summed E-state index contributed by atoms with van der Waals surface area (Å²) in [6.07, 6.45) is 1.53. The maximum atomic E-state index is 10.6. The fraction of sp³-hybridized carbons (Fsp3) is 0.750. The third-order valence-electron chi connectivity index (χ3n) is 2.80. The van der Waals surface area contributed by atoms with Gasteiger partial charge < -0.3 is 9.84 Å². The molecular formula is C8H10O4. The van der Waals surface area contributed by atoms with Crippen LogP contribution in [0.4, 0.5) is 0 Å². The summed E-state index contributed by atoms with van der Waals surface area (Å²) < 4.78 is 5.01. The molecular weight excluding hydrogens is 160 g/mol. The molecule has 1 N–H and O–H groups in total. The molecule has 3 aliphatic rings. The van der Waals surface area contributed by atoms with E-state index in [-0.39, 0.29) is 5.97 Å². The van der Waals surface area contributed by atoms with Gasteiger partial charge in [-0.15, -0.1) is 0 Å². The number of carbonyl (C=O) groups excluding carboxylic acids is 1. The molecule has 3 rings (SSSR count). The first-order valence-corrected chi connectivity index (χ1v) is 3.91. The Morgan fingerprint density at radius 2 is 1.83 bits per heavy atom. The summed E-state index contributed by atoms with van der Waals surface area (Å²) >= 11 is 0. The molecule has 0 atom stereocenters. The molecule has 3 aliphatic carbocycles. The van der Waals surface area contributed by atoms with E-state index >= 15 is 0 Å². The van der Waals surface area contributed by atoms with Gasteiger partial charge in [-0.1, -0.05) is 0 Å². The summed E-state index contributed by atoms with van der Waals surface area (Å²) in [6.45, 7) is 1.35. The summed E-state index contributed by atoms with van der Waals surface area (Å²) in [4.78, 5) is 21.2. The molecule has 3 fully saturated rings. The number of aliphatic carboxylic acids is 1. The maximum absolute atomic E-state index is 10.6. The van der Waals surface area contributed by atoms with Crippen molar-refractivity contribution in [1.82, 2.24) is 0 Å². The number of hydrogen-bond acceptors (Lipinski definition) is 3. The lowest BCUT2D eigenvalue weighted by Gasteiger charge is -2.66. The van der Waals surface area contributed by atoms with Crippen molar-refractivity contribution in [2.75, 3.05) is 0 Å². The highest BCUT2D eigenvalue weighted by atomic mass is 16.6. The van der Waals surface area contributed by atoms with E-state index in [1.54, 1.807) is 0 Å². The minimum absolute atomic E-state index is 0.311. The third kappa shape index (κ3) is 0.722. The van der Waals surface area contributed by atoms with Gasteiger partial charge in [0.15, 0.2) is 0 Å². The van der Waals surface area contributed by atoms with Crippen molar-refractivity contribution in [3.63, 3.8) is 0 Å². The van der Waals surface area contributed by atoms with E-state index in [1.807, 2.05) is 0 Å². The number of esters is 1. The number of carbonyl (C=O) groups is 2. The Hall–Kier alpha value is -1.06. The van der Waals surface area contributed by atoms with Gasteiger partial charge in [-0.25, -0.2) is 0 Å². The lowest BCUT2D eigenvalue weighted by Crippen LogP contribution is -2.71. The van der Waals surface area contributed by atoms with Gasteiger partial charge in [0.1, 0.15) is 5.60 Å². The summed E-state index contributed by atoms with van der Waals surface area (Å²) in [5.74, 6) is -1.06. The molecule has 0 aliphatic heterocycles. The van der Waals surface area contributed by atoms with Crippen LogP contribution in [0.2, 0.25) is 0 Å². The Morgan fingerprint density at radius 1 is 1.33 bits per heavy atom. The van der Waals surface area contributed by atoms with Gasteiger partial charge in [-0.2, -0.15) is 0 Å². The fourth-order valence-electron chi connectivity index (χ4n) is 2.33. The molecule has 0 spiro atoms. The molecule has 0 aromatic carbocycles. The van der Waals surface area contributed by atoms with Gasteiger partial charge >= 0.3 is 11.9 Å². The van der Waals surface area contributed by atoms with Crippen LogP contribution in [0.3, 0.4) is 0 Å². The normalized spacial score (nSPS) is 42.4. The average molecular weight is 170 g/mol. The van der Waals surface area contributed by atoms with Crippen LogP contribution in [0.5, 0.6) is 0 Å². The number of ether oxygens (including phenoxy) is 1. The Bertz CT molecular complexity index is 248. The highest BCUT2D eigenvalue weighted by Gasteiger charge is 2.74. The molecule has 0 radical (unpaired) electrons. The topological polar surface area (TPSA) is 63.6 Å². The van der Waals surface area contributed by atoms with Crippen molar-refractivity contribution in [1.29, 1.82) is 0 Å². The van der Waals surface area contributed by atoms with E-state index in [2.05, 4.69) is 0 Å². The lowest BCUT2D eigenvalue weighted by molar-refractivity contribution is -0.271. The molecule has 4 nitrogen and oxygen atoms in total. The molecule has 12 heavy (non-hydrogen) atoms. The molecule has 0 aromatic rings. The Morgan fingerprint density at radius 3 is 2.17 bits per heavy atom. The van der Waals surface area contributed by atoms with Crippen LogP contribution < -0.4 is 0 Å². The Labute approximate surface area is 69.5 Å². The van der Waals surface area contributed by atoms with Gasteiger partial charge in [0, 0.05) is 26.2 Å². The second kappa shape index (κ2) is 1.81. The molecule has 0 unspecified atom stereocenters. The van der Waals surface area contributed by atoms with Crippen molar-refractivity contribution in [3.8, 4) is 0 Å². The fourth-order valence-corrected chi connectivity index (χ4v) is 2.33. The van der Waals surface area contributed by atoms with Crippen LogP contribution in [0.15, 0.2) is 0 Å². The second-order valence-electron chi connectivity index (χ2n) is 3.89. The van der Waals surface area contributed by atoms with Crippen molar-refractivity contribution in [2.45, 2.75) is 31.8 Å². The van der Waals surface area contributed by atoms with Crippen molar-refractivity contribution in [2.24, 2.45) is 5.41 Å². The molecule has 3 saturated carbocycles. The first kappa shape index (κ1) is 7.58. The molecule has 2 bridgehead atoms. The molecule has 0 amide bonds. The summed E-state index contributed by atoms with van der Waals surface area (Å²) in [6, 6.07) is 0. The van der Waals surface area contributed by atoms with E-state index in [4.69, 9.17) is 9.84 Å². The highest BCUT2D eigenvalue weighted by Crippen LogP contribution is 2.69. The predicted octanol–water partition coefficient (Wildman–Crippen LogP) is 0.557. The number of carboxylic acids is 1.